The first-order chi connectivity index (χ1) is 14.2. The highest BCUT2D eigenvalue weighted by Crippen LogP contribution is 2.32. The van der Waals surface area contributed by atoms with Crippen molar-refractivity contribution >= 4 is 34.5 Å². The van der Waals surface area contributed by atoms with Crippen LogP contribution in [0.25, 0.3) is 11.0 Å². The van der Waals surface area contributed by atoms with E-state index < -0.39 is 17.2 Å². The van der Waals surface area contributed by atoms with Crippen LogP contribution in [0, 0.1) is 6.92 Å². The van der Waals surface area contributed by atoms with Crippen molar-refractivity contribution in [2.24, 2.45) is 0 Å². The number of fused-ring (bicyclic) bond motifs is 1. The topological polar surface area (TPSA) is 79.6 Å². The van der Waals surface area contributed by atoms with E-state index in [2.05, 4.69) is 5.32 Å². The molecule has 1 atom stereocenters. The van der Waals surface area contributed by atoms with E-state index in [4.69, 9.17) is 16.0 Å². The average Bonchev–Trinajstić information content (AvgIpc) is 2.92. The molecule has 1 aromatic heterocycles. The van der Waals surface area contributed by atoms with Crippen molar-refractivity contribution in [2.75, 3.05) is 0 Å². The van der Waals surface area contributed by atoms with Gasteiger partial charge in [0.2, 0.25) is 0 Å². The zero-order chi connectivity index (χ0) is 21.6. The number of urea groups is 1. The van der Waals surface area contributed by atoms with Gasteiger partial charge in [-0.15, -0.1) is 0 Å². The number of amides is 3. The summed E-state index contributed by atoms with van der Waals surface area (Å²) in [6, 6.07) is 11.7. The maximum atomic E-state index is 13.2. The highest BCUT2D eigenvalue weighted by atomic mass is 35.5. The summed E-state index contributed by atoms with van der Waals surface area (Å²) in [4.78, 5) is 39.2. The molecule has 7 heteroatoms. The van der Waals surface area contributed by atoms with Gasteiger partial charge in [0.05, 0.1) is 6.54 Å². The number of nitrogens with zero attached hydrogens (tertiary/aromatic N) is 1. The van der Waals surface area contributed by atoms with Crippen LogP contribution < -0.4 is 10.9 Å². The van der Waals surface area contributed by atoms with Gasteiger partial charge in [-0.2, -0.15) is 0 Å². The van der Waals surface area contributed by atoms with Crippen LogP contribution in [0.2, 0.25) is 5.02 Å². The number of halogens is 1. The summed E-state index contributed by atoms with van der Waals surface area (Å²) < 4.78 is 5.32. The third-order valence-corrected chi connectivity index (χ3v) is 5.96. The number of rotatable bonds is 4. The summed E-state index contributed by atoms with van der Waals surface area (Å²) in [5.41, 5.74) is 1.77. The van der Waals surface area contributed by atoms with Gasteiger partial charge in [-0.3, -0.25) is 9.69 Å². The molecule has 3 aromatic rings. The van der Waals surface area contributed by atoms with Crippen LogP contribution in [0.5, 0.6) is 0 Å². The van der Waals surface area contributed by atoms with Gasteiger partial charge in [-0.1, -0.05) is 48.4 Å². The van der Waals surface area contributed by atoms with Gasteiger partial charge in [0, 0.05) is 16.5 Å². The Morgan fingerprint density at radius 2 is 1.77 bits per heavy atom. The fourth-order valence-corrected chi connectivity index (χ4v) is 4.08. The quantitative estimate of drug-likeness (QED) is 0.500. The Labute approximate surface area is 178 Å². The van der Waals surface area contributed by atoms with E-state index in [9.17, 15) is 14.4 Å². The van der Waals surface area contributed by atoms with Gasteiger partial charge in [0.15, 0.2) is 0 Å². The normalized spacial score (nSPS) is 18.9. The molecule has 154 valence electrons. The Hall–Kier alpha value is -3.12. The first kappa shape index (κ1) is 20.2. The van der Waals surface area contributed by atoms with E-state index >= 15 is 0 Å². The molecule has 0 aliphatic carbocycles. The molecule has 1 N–H and O–H groups in total. The largest absolute Gasteiger partial charge is 0.423 e. The fraction of sp³-hybridized carbons (Fsp3) is 0.261. The van der Waals surface area contributed by atoms with E-state index in [1.165, 1.54) is 6.07 Å². The van der Waals surface area contributed by atoms with Gasteiger partial charge in [-0.05, 0) is 49.1 Å². The van der Waals surface area contributed by atoms with E-state index in [0.29, 0.717) is 33.5 Å². The lowest BCUT2D eigenvalue weighted by Gasteiger charge is -2.22. The Bertz CT molecular complexity index is 1230. The Morgan fingerprint density at radius 3 is 2.43 bits per heavy atom. The van der Waals surface area contributed by atoms with Gasteiger partial charge in [0.1, 0.15) is 11.1 Å². The summed E-state index contributed by atoms with van der Waals surface area (Å²) in [7, 11) is 0. The van der Waals surface area contributed by atoms with Crippen molar-refractivity contribution in [1.29, 1.82) is 0 Å². The van der Waals surface area contributed by atoms with E-state index in [1.54, 1.807) is 19.1 Å². The smallest absolute Gasteiger partial charge is 0.336 e. The van der Waals surface area contributed by atoms with Crippen LogP contribution >= 0.6 is 11.6 Å². The number of aryl methyl sites for hydroxylation is 2. The van der Waals surface area contributed by atoms with Gasteiger partial charge in [-0.25, -0.2) is 9.59 Å². The number of imide groups is 1. The molecular weight excluding hydrogens is 404 g/mol. The zero-order valence-corrected chi connectivity index (χ0v) is 17.7. The summed E-state index contributed by atoms with van der Waals surface area (Å²) in [6.07, 6.45) is 0.685. The number of nitrogens with one attached hydrogen (secondary N) is 1. The SMILES string of the molecule is CCc1cc2oc(=O)cc(CN3C(=O)NC(C)(c4ccc(C)cc4)C3=O)c2cc1Cl. The maximum absolute atomic E-state index is 13.2. The maximum Gasteiger partial charge on any atom is 0.336 e. The van der Waals surface area contributed by atoms with Gasteiger partial charge >= 0.3 is 11.7 Å². The summed E-state index contributed by atoms with van der Waals surface area (Å²) in [5.74, 6) is -0.381. The molecule has 0 saturated carbocycles. The second-order valence-corrected chi connectivity index (χ2v) is 8.10. The second-order valence-electron chi connectivity index (χ2n) is 7.70. The molecule has 2 heterocycles. The highest BCUT2D eigenvalue weighted by molar-refractivity contribution is 6.32. The first-order valence-corrected chi connectivity index (χ1v) is 10.1. The molecule has 1 aliphatic rings. The molecule has 1 fully saturated rings. The van der Waals surface area contributed by atoms with Crippen LogP contribution in [0.3, 0.4) is 0 Å². The summed E-state index contributed by atoms with van der Waals surface area (Å²) in [6.45, 7) is 5.53. The third-order valence-electron chi connectivity index (χ3n) is 5.61. The van der Waals surface area contributed by atoms with Crippen LogP contribution in [-0.4, -0.2) is 16.8 Å². The molecule has 0 bridgehead atoms. The van der Waals surface area contributed by atoms with Crippen molar-refractivity contribution in [3.8, 4) is 0 Å². The van der Waals surface area contributed by atoms with E-state index in [1.807, 2.05) is 38.1 Å². The predicted molar refractivity (Wildman–Crippen MR) is 114 cm³/mol. The van der Waals surface area contributed by atoms with Crippen LogP contribution in [-0.2, 0) is 23.3 Å². The lowest BCUT2D eigenvalue weighted by molar-refractivity contribution is -0.131. The van der Waals surface area contributed by atoms with Crippen LogP contribution in [0.1, 0.15) is 36.1 Å². The molecule has 3 amide bonds. The molecule has 0 radical (unpaired) electrons. The minimum atomic E-state index is -1.17. The minimum Gasteiger partial charge on any atom is -0.423 e. The molecule has 1 saturated heterocycles. The zero-order valence-electron chi connectivity index (χ0n) is 16.9. The lowest BCUT2D eigenvalue weighted by Crippen LogP contribution is -2.40. The fourth-order valence-electron chi connectivity index (χ4n) is 3.78. The highest BCUT2D eigenvalue weighted by Gasteiger charge is 2.49. The molecule has 6 nitrogen and oxygen atoms in total. The molecule has 1 aliphatic heterocycles. The molecule has 0 spiro atoms. The second kappa shape index (κ2) is 7.29. The van der Waals surface area contributed by atoms with Crippen molar-refractivity contribution in [3.05, 3.63) is 80.2 Å². The molecule has 4 rings (SSSR count). The summed E-state index contributed by atoms with van der Waals surface area (Å²) >= 11 is 6.35. The minimum absolute atomic E-state index is 0.0595. The Morgan fingerprint density at radius 1 is 1.07 bits per heavy atom. The molecule has 1 unspecified atom stereocenters. The molecule has 2 aromatic carbocycles. The van der Waals surface area contributed by atoms with Crippen molar-refractivity contribution < 1.29 is 14.0 Å². The number of carbonyl (C=O) groups excluding carboxylic acids is 2. The number of carbonyl (C=O) groups is 2. The molecule has 30 heavy (non-hydrogen) atoms. The van der Waals surface area contributed by atoms with E-state index in [-0.39, 0.29) is 12.5 Å². The lowest BCUT2D eigenvalue weighted by atomic mass is 9.91. The van der Waals surface area contributed by atoms with Crippen molar-refractivity contribution in [2.45, 2.75) is 39.3 Å². The number of hydrogen-bond acceptors (Lipinski definition) is 4. The van der Waals surface area contributed by atoms with Gasteiger partial charge in [0.25, 0.3) is 5.91 Å². The number of benzene rings is 2. The Balaban J connectivity index is 1.74. The van der Waals surface area contributed by atoms with Gasteiger partial charge < -0.3 is 9.73 Å². The van der Waals surface area contributed by atoms with Crippen LogP contribution in [0.4, 0.5) is 4.79 Å². The average molecular weight is 425 g/mol. The third kappa shape index (κ3) is 3.27. The monoisotopic (exact) mass is 424 g/mol. The van der Waals surface area contributed by atoms with Crippen molar-refractivity contribution in [3.63, 3.8) is 0 Å². The van der Waals surface area contributed by atoms with Crippen molar-refractivity contribution in [1.82, 2.24) is 10.2 Å². The van der Waals surface area contributed by atoms with Crippen LogP contribution in [0.15, 0.2) is 51.7 Å². The predicted octanol–water partition coefficient (Wildman–Crippen LogP) is 4.28. The summed E-state index contributed by atoms with van der Waals surface area (Å²) in [5, 5.41) is 3.93. The standard InChI is InChI=1S/C23H21ClN2O4/c1-4-14-9-19-17(11-18(14)24)15(10-20(27)30-19)12-26-21(28)23(3,25-22(26)29)16-7-5-13(2)6-8-16/h5-11H,4,12H2,1-3H3,(H,25,29). The first-order valence-electron chi connectivity index (χ1n) is 9.69. The Kier molecular flexibility index (Phi) is 4.90. The van der Waals surface area contributed by atoms with E-state index in [0.717, 1.165) is 16.0 Å². The number of hydrogen-bond donors (Lipinski definition) is 1. The molecular formula is C23H21ClN2O4.